The van der Waals surface area contributed by atoms with Gasteiger partial charge in [-0.3, -0.25) is 23.4 Å². The van der Waals surface area contributed by atoms with Crippen LogP contribution in [-0.4, -0.2) is 59.9 Å². The summed E-state index contributed by atoms with van der Waals surface area (Å²) in [5.41, 5.74) is 5.31. The molecule has 0 rings (SSSR count). The average molecular weight is 752 g/mol. The first-order chi connectivity index (χ1) is 25.1. The van der Waals surface area contributed by atoms with E-state index in [2.05, 4.69) is 79.1 Å². The summed E-state index contributed by atoms with van der Waals surface area (Å²) in [6.07, 6.45) is 39.9. The zero-order valence-corrected chi connectivity index (χ0v) is 32.5. The number of carbonyl (C=O) groups is 3. The number of nitrogens with two attached hydrogens (primary N) is 1. The standard InChI is InChI=1S/C40H66NO10P/c1-3-5-7-9-11-13-15-16-17-18-19-20-22-24-26-28-30-32-39(43)51-36(34-49-52(46,47)50-35-37(41)40(44)45)33-48-38(42)31-29-27-25-23-21-14-12-10-8-6-4-2/h5,7,10-13,16-17,19-20,24,26,36-37H,3-4,6,8-9,14-15,18,21-23,25,27-35,41H2,1-2H3,(H,44,45)(H,46,47)/b7-5-,12-10-,13-11-,17-16-,20-19-,26-24-/t36-,37+/m1/s1. The van der Waals surface area contributed by atoms with Crippen molar-refractivity contribution in [3.8, 4) is 0 Å². The van der Waals surface area contributed by atoms with Gasteiger partial charge in [0, 0.05) is 12.8 Å². The number of esters is 2. The predicted octanol–water partition coefficient (Wildman–Crippen LogP) is 9.39. The topological polar surface area (TPSA) is 172 Å². The highest BCUT2D eigenvalue weighted by Gasteiger charge is 2.28. The van der Waals surface area contributed by atoms with Gasteiger partial charge in [0.2, 0.25) is 0 Å². The van der Waals surface area contributed by atoms with Gasteiger partial charge in [-0.25, -0.2) is 4.57 Å². The summed E-state index contributed by atoms with van der Waals surface area (Å²) in [4.78, 5) is 45.7. The van der Waals surface area contributed by atoms with E-state index in [0.717, 1.165) is 70.6 Å². The smallest absolute Gasteiger partial charge is 0.472 e. The molecule has 0 saturated heterocycles. The summed E-state index contributed by atoms with van der Waals surface area (Å²) in [6.45, 7) is 2.54. The highest BCUT2D eigenvalue weighted by molar-refractivity contribution is 7.47. The number of phosphoric ester groups is 1. The van der Waals surface area contributed by atoms with E-state index >= 15 is 0 Å². The Morgan fingerprint density at radius 1 is 0.615 bits per heavy atom. The molecule has 11 nitrogen and oxygen atoms in total. The molecule has 0 radical (unpaired) electrons. The number of phosphoric acid groups is 1. The van der Waals surface area contributed by atoms with Crippen molar-refractivity contribution in [3.63, 3.8) is 0 Å². The van der Waals surface area contributed by atoms with Crippen LogP contribution < -0.4 is 5.73 Å². The van der Waals surface area contributed by atoms with Gasteiger partial charge in [0.05, 0.1) is 13.2 Å². The molecule has 4 N–H and O–H groups in total. The van der Waals surface area contributed by atoms with Crippen LogP contribution in [0.25, 0.3) is 0 Å². The number of carbonyl (C=O) groups excluding carboxylic acids is 2. The largest absolute Gasteiger partial charge is 0.480 e. The lowest BCUT2D eigenvalue weighted by Gasteiger charge is -2.20. The van der Waals surface area contributed by atoms with Crippen molar-refractivity contribution >= 4 is 25.7 Å². The van der Waals surface area contributed by atoms with E-state index in [1.54, 1.807) is 0 Å². The van der Waals surface area contributed by atoms with Gasteiger partial charge in [-0.1, -0.05) is 119 Å². The SMILES string of the molecule is CC/C=C\C/C=C\C/C=C\C/C=C\C/C=C\CCCC(=O)O[C@H](COC(=O)CCCCCCC/C=C\CCCC)COP(=O)(O)OC[C@H](N)C(=O)O. The molecule has 296 valence electrons. The number of unbranched alkanes of at least 4 members (excludes halogenated alkanes) is 8. The second-order valence-corrected chi connectivity index (χ2v) is 13.8. The van der Waals surface area contributed by atoms with Gasteiger partial charge >= 0.3 is 25.7 Å². The highest BCUT2D eigenvalue weighted by Crippen LogP contribution is 2.43. The summed E-state index contributed by atoms with van der Waals surface area (Å²) in [7, 11) is -4.73. The molecule has 0 aliphatic carbocycles. The number of carboxylic acid groups (broad SMARTS) is 1. The lowest BCUT2D eigenvalue weighted by molar-refractivity contribution is -0.161. The molecule has 0 aromatic heterocycles. The fourth-order valence-corrected chi connectivity index (χ4v) is 5.21. The van der Waals surface area contributed by atoms with Crippen LogP contribution in [0, 0.1) is 0 Å². The van der Waals surface area contributed by atoms with Crippen molar-refractivity contribution in [3.05, 3.63) is 72.9 Å². The Labute approximate surface area is 312 Å². The van der Waals surface area contributed by atoms with Gasteiger partial charge < -0.3 is 25.2 Å². The van der Waals surface area contributed by atoms with Crippen molar-refractivity contribution in [2.45, 2.75) is 142 Å². The van der Waals surface area contributed by atoms with E-state index in [1.807, 2.05) is 12.2 Å². The number of carboxylic acids is 1. The molecule has 0 fully saturated rings. The summed E-state index contributed by atoms with van der Waals surface area (Å²) in [6, 6.07) is -1.53. The predicted molar refractivity (Wildman–Crippen MR) is 207 cm³/mol. The van der Waals surface area contributed by atoms with Gasteiger partial charge in [-0.05, 0) is 70.6 Å². The normalized spacial score (nSPS) is 14.7. The molecule has 0 bridgehead atoms. The fourth-order valence-electron chi connectivity index (χ4n) is 4.43. The number of ether oxygens (including phenoxy) is 2. The van der Waals surface area contributed by atoms with Crippen LogP contribution in [-0.2, 0) is 37.5 Å². The lowest BCUT2D eigenvalue weighted by Crippen LogP contribution is -2.34. The fraction of sp³-hybridized carbons (Fsp3) is 0.625. The minimum atomic E-state index is -4.73. The maximum atomic E-state index is 12.5. The monoisotopic (exact) mass is 751 g/mol. The quantitative estimate of drug-likeness (QED) is 0.0248. The van der Waals surface area contributed by atoms with Gasteiger partial charge in [0.1, 0.15) is 12.6 Å². The minimum absolute atomic E-state index is 0.0774. The summed E-state index contributed by atoms with van der Waals surface area (Å²) in [5.74, 6) is -2.48. The molecule has 0 aliphatic rings. The summed E-state index contributed by atoms with van der Waals surface area (Å²) < 4.78 is 32.5. The number of rotatable bonds is 34. The molecule has 0 aromatic carbocycles. The molecular weight excluding hydrogens is 685 g/mol. The van der Waals surface area contributed by atoms with E-state index in [1.165, 1.54) is 12.8 Å². The van der Waals surface area contributed by atoms with E-state index in [-0.39, 0.29) is 19.4 Å². The Hall–Kier alpha value is -3.08. The zero-order chi connectivity index (χ0) is 38.5. The zero-order valence-electron chi connectivity index (χ0n) is 31.6. The van der Waals surface area contributed by atoms with Crippen LogP contribution in [0.15, 0.2) is 72.9 Å². The molecule has 0 saturated carbocycles. The number of aliphatic carboxylic acids is 1. The maximum absolute atomic E-state index is 12.5. The Morgan fingerprint density at radius 2 is 1.10 bits per heavy atom. The molecule has 12 heteroatoms. The Bertz CT molecular complexity index is 1160. The van der Waals surface area contributed by atoms with E-state index in [4.69, 9.17) is 24.8 Å². The minimum Gasteiger partial charge on any atom is -0.480 e. The van der Waals surface area contributed by atoms with Crippen molar-refractivity contribution in [1.29, 1.82) is 0 Å². The van der Waals surface area contributed by atoms with Crippen LogP contribution in [0.3, 0.4) is 0 Å². The second-order valence-electron chi connectivity index (χ2n) is 12.3. The lowest BCUT2D eigenvalue weighted by atomic mass is 10.1. The molecule has 3 atom stereocenters. The Morgan fingerprint density at radius 3 is 1.69 bits per heavy atom. The molecule has 0 spiro atoms. The Kier molecular flexibility index (Phi) is 32.9. The van der Waals surface area contributed by atoms with Gasteiger partial charge in [-0.2, -0.15) is 0 Å². The molecule has 0 aromatic rings. The van der Waals surface area contributed by atoms with Crippen LogP contribution in [0.4, 0.5) is 0 Å². The van der Waals surface area contributed by atoms with Crippen LogP contribution >= 0.6 is 7.82 Å². The first-order valence-corrected chi connectivity index (χ1v) is 20.5. The van der Waals surface area contributed by atoms with Gasteiger partial charge in [-0.15, -0.1) is 0 Å². The van der Waals surface area contributed by atoms with Crippen molar-refractivity contribution < 1.29 is 47.5 Å². The number of hydrogen-bond donors (Lipinski definition) is 3. The molecule has 0 amide bonds. The van der Waals surface area contributed by atoms with E-state index < -0.39 is 51.1 Å². The van der Waals surface area contributed by atoms with Crippen molar-refractivity contribution in [2.75, 3.05) is 19.8 Å². The van der Waals surface area contributed by atoms with Crippen molar-refractivity contribution in [2.24, 2.45) is 5.73 Å². The summed E-state index contributed by atoms with van der Waals surface area (Å²) >= 11 is 0. The first-order valence-electron chi connectivity index (χ1n) is 19.0. The average Bonchev–Trinajstić information content (AvgIpc) is 3.12. The number of allylic oxidation sites excluding steroid dienone is 12. The maximum Gasteiger partial charge on any atom is 0.472 e. The highest BCUT2D eigenvalue weighted by atomic mass is 31.2. The van der Waals surface area contributed by atoms with Crippen molar-refractivity contribution in [1.82, 2.24) is 0 Å². The van der Waals surface area contributed by atoms with Crippen LogP contribution in [0.2, 0.25) is 0 Å². The third kappa shape index (κ3) is 34.0. The third-order valence-corrected chi connectivity index (χ3v) is 8.39. The molecular formula is C40H66NO10P. The number of hydrogen-bond acceptors (Lipinski definition) is 9. The van der Waals surface area contributed by atoms with Gasteiger partial charge in [0.15, 0.2) is 6.10 Å². The molecule has 1 unspecified atom stereocenters. The first kappa shape index (κ1) is 48.9. The molecule has 52 heavy (non-hydrogen) atoms. The Balaban J connectivity index is 4.58. The van der Waals surface area contributed by atoms with Gasteiger partial charge in [0.25, 0.3) is 0 Å². The second kappa shape index (κ2) is 35.0. The summed E-state index contributed by atoms with van der Waals surface area (Å²) in [5, 5.41) is 8.85. The molecule has 0 aliphatic heterocycles. The van der Waals surface area contributed by atoms with Crippen LogP contribution in [0.5, 0.6) is 0 Å². The molecule has 0 heterocycles. The van der Waals surface area contributed by atoms with E-state index in [0.29, 0.717) is 19.3 Å². The van der Waals surface area contributed by atoms with Crippen LogP contribution in [0.1, 0.15) is 129 Å². The van der Waals surface area contributed by atoms with E-state index in [9.17, 15) is 23.8 Å². The third-order valence-electron chi connectivity index (χ3n) is 7.44.